The van der Waals surface area contributed by atoms with E-state index < -0.39 is 52.7 Å². The predicted octanol–water partition coefficient (Wildman–Crippen LogP) is 6.59. The van der Waals surface area contributed by atoms with Crippen LogP contribution in [0, 0.1) is 6.92 Å². The Morgan fingerprint density at radius 3 is 1.59 bits per heavy atom. The highest BCUT2D eigenvalue weighted by Crippen LogP contribution is 2.45. The number of benzene rings is 3. The third-order valence-corrected chi connectivity index (χ3v) is 7.04. The smallest absolute Gasteiger partial charge is 0.432 e. The second-order valence-corrected chi connectivity index (χ2v) is 9.72. The zero-order valence-corrected chi connectivity index (χ0v) is 24.3. The van der Waals surface area contributed by atoms with Crippen molar-refractivity contribution in [3.8, 4) is 11.5 Å². The quantitative estimate of drug-likeness (QED) is 0.135. The molecule has 0 amide bonds. The number of rotatable bonds is 11. The van der Waals surface area contributed by atoms with Crippen LogP contribution in [0.25, 0.3) is 0 Å². The average Bonchev–Trinajstić information content (AvgIpc) is 2.96. The van der Waals surface area contributed by atoms with Gasteiger partial charge in [0.2, 0.25) is 0 Å². The van der Waals surface area contributed by atoms with Crippen LogP contribution in [0.5, 0.6) is 11.5 Å². The molecule has 0 aliphatic carbocycles. The lowest BCUT2D eigenvalue weighted by Gasteiger charge is -2.33. The summed E-state index contributed by atoms with van der Waals surface area (Å²) in [4.78, 5) is 26.3. The van der Waals surface area contributed by atoms with Crippen molar-refractivity contribution < 1.29 is 59.6 Å². The van der Waals surface area contributed by atoms with Crippen LogP contribution in [0.2, 0.25) is 0 Å². The van der Waals surface area contributed by atoms with E-state index in [0.29, 0.717) is 0 Å². The van der Waals surface area contributed by atoms with Crippen molar-refractivity contribution >= 4 is 11.9 Å². The molecule has 0 saturated carbocycles. The molecule has 0 fully saturated rings. The van der Waals surface area contributed by atoms with E-state index in [-0.39, 0.29) is 29.0 Å². The van der Waals surface area contributed by atoms with Gasteiger partial charge < -0.3 is 23.7 Å². The van der Waals surface area contributed by atoms with Crippen molar-refractivity contribution in [1.82, 2.24) is 0 Å². The molecule has 0 N–H and O–H groups in total. The monoisotopic (exact) mass is 628 g/mol. The largest absolute Gasteiger partial charge is 0.497 e. The van der Waals surface area contributed by atoms with Crippen molar-refractivity contribution in [2.24, 2.45) is 0 Å². The van der Waals surface area contributed by atoms with Gasteiger partial charge in [0.1, 0.15) is 17.6 Å². The number of hydrogen-bond donors (Lipinski definition) is 0. The summed E-state index contributed by atoms with van der Waals surface area (Å²) in [6.45, 7) is 2.73. The number of alkyl halides is 6. The summed E-state index contributed by atoms with van der Waals surface area (Å²) in [6.07, 6.45) is -11.9. The number of carbonyl (C=O) groups excluding carboxylic acids is 2. The summed E-state index contributed by atoms with van der Waals surface area (Å²) in [5.41, 5.74) is -7.54. The van der Waals surface area contributed by atoms with Gasteiger partial charge in [-0.05, 0) is 31.0 Å². The van der Waals surface area contributed by atoms with Crippen LogP contribution in [-0.4, -0.2) is 51.7 Å². The lowest BCUT2D eigenvalue weighted by molar-refractivity contribution is -0.278. The molecule has 7 nitrogen and oxygen atoms in total. The van der Waals surface area contributed by atoms with Gasteiger partial charge in [-0.1, -0.05) is 60.7 Å². The van der Waals surface area contributed by atoms with E-state index in [9.17, 15) is 35.9 Å². The molecule has 0 bridgehead atoms. The first-order chi connectivity index (χ1) is 20.6. The van der Waals surface area contributed by atoms with Crippen molar-refractivity contribution in [3.05, 3.63) is 95.1 Å². The normalized spacial score (nSPS) is 15.4. The first-order valence-electron chi connectivity index (χ1n) is 13.0. The zero-order chi connectivity index (χ0) is 32.9. The van der Waals surface area contributed by atoms with Crippen LogP contribution in [0.4, 0.5) is 26.3 Å². The van der Waals surface area contributed by atoms with E-state index in [0.717, 1.165) is 38.5 Å². The fourth-order valence-corrected chi connectivity index (χ4v) is 4.72. The first-order valence-corrected chi connectivity index (χ1v) is 13.0. The first kappa shape index (κ1) is 34.4. The summed E-state index contributed by atoms with van der Waals surface area (Å²) in [6, 6.07) is 15.0. The van der Waals surface area contributed by atoms with Gasteiger partial charge in [0.05, 0.1) is 7.11 Å². The van der Waals surface area contributed by atoms with Gasteiger partial charge >= 0.3 is 24.3 Å². The summed E-state index contributed by atoms with van der Waals surface area (Å²) < 4.78 is 111. The molecule has 3 atom stereocenters. The van der Waals surface area contributed by atoms with Gasteiger partial charge in [0, 0.05) is 37.8 Å². The Morgan fingerprint density at radius 2 is 1.18 bits per heavy atom. The molecule has 0 aromatic heterocycles. The molecular formula is C31H30F6O7. The Hall–Kier alpha value is -4.10. The van der Waals surface area contributed by atoms with Crippen LogP contribution in [-0.2, 0) is 41.4 Å². The number of methoxy groups -OCH3 is 3. The molecule has 0 saturated heterocycles. The van der Waals surface area contributed by atoms with Gasteiger partial charge in [-0.2, -0.15) is 26.3 Å². The minimum absolute atomic E-state index is 0.0486. The minimum atomic E-state index is -5.23. The summed E-state index contributed by atoms with van der Waals surface area (Å²) in [5, 5.41) is 0. The number of carbonyl (C=O) groups is 2. The number of halogens is 6. The van der Waals surface area contributed by atoms with E-state index in [1.165, 1.54) is 69.5 Å². The topological polar surface area (TPSA) is 80.3 Å². The van der Waals surface area contributed by atoms with Crippen LogP contribution >= 0.6 is 0 Å². The molecule has 13 heteroatoms. The molecule has 3 aromatic rings. The maximum absolute atomic E-state index is 14.4. The Labute approximate surface area is 249 Å². The highest BCUT2D eigenvalue weighted by molar-refractivity contribution is 5.85. The van der Waals surface area contributed by atoms with Crippen LogP contribution < -0.4 is 9.47 Å². The maximum atomic E-state index is 14.4. The van der Waals surface area contributed by atoms with Crippen LogP contribution in [0.1, 0.15) is 29.2 Å². The highest BCUT2D eigenvalue weighted by Gasteiger charge is 2.65. The summed E-state index contributed by atoms with van der Waals surface area (Å²) in [5.74, 6) is -3.81. The third kappa shape index (κ3) is 6.39. The Balaban J connectivity index is 1.96. The van der Waals surface area contributed by atoms with Crippen molar-refractivity contribution in [1.29, 1.82) is 0 Å². The molecule has 44 heavy (non-hydrogen) atoms. The van der Waals surface area contributed by atoms with E-state index in [4.69, 9.17) is 23.7 Å². The molecule has 238 valence electrons. The highest BCUT2D eigenvalue weighted by atomic mass is 19.4. The van der Waals surface area contributed by atoms with Crippen molar-refractivity contribution in [3.63, 3.8) is 0 Å². The van der Waals surface area contributed by atoms with Gasteiger partial charge in [-0.3, -0.25) is 0 Å². The Morgan fingerprint density at radius 1 is 0.727 bits per heavy atom. The number of hydrogen-bond acceptors (Lipinski definition) is 7. The van der Waals surface area contributed by atoms with E-state index >= 15 is 0 Å². The SMILES string of the molecule is COc1cc(C[C@H](C)OC(=O)[C@@](OC)(c2ccccc2)C(F)(F)F)c(C)c(OC(=O)[C@@](OC)(c2ccccc2)C(F)(F)F)c1. The molecule has 3 aromatic carbocycles. The Bertz CT molecular complexity index is 1440. The minimum Gasteiger partial charge on any atom is -0.497 e. The van der Waals surface area contributed by atoms with Gasteiger partial charge in [0.15, 0.2) is 0 Å². The van der Waals surface area contributed by atoms with Crippen molar-refractivity contribution in [2.45, 2.75) is 49.9 Å². The lowest BCUT2D eigenvalue weighted by atomic mass is 9.92. The van der Waals surface area contributed by atoms with E-state index in [2.05, 4.69) is 0 Å². The lowest BCUT2D eigenvalue weighted by Crippen LogP contribution is -2.52. The van der Waals surface area contributed by atoms with Crippen molar-refractivity contribution in [2.75, 3.05) is 21.3 Å². The molecule has 0 aliphatic rings. The summed E-state index contributed by atoms with van der Waals surface area (Å²) in [7, 11) is 2.70. The second kappa shape index (κ2) is 13.3. The molecule has 0 unspecified atom stereocenters. The number of esters is 2. The predicted molar refractivity (Wildman–Crippen MR) is 145 cm³/mol. The molecular weight excluding hydrogens is 598 g/mol. The Kier molecular flexibility index (Phi) is 10.4. The fraction of sp³-hybridized carbons (Fsp3) is 0.355. The van der Waals surface area contributed by atoms with Gasteiger partial charge in [0.25, 0.3) is 11.2 Å². The molecule has 3 rings (SSSR count). The van der Waals surface area contributed by atoms with Gasteiger partial charge in [-0.15, -0.1) is 0 Å². The summed E-state index contributed by atoms with van der Waals surface area (Å²) >= 11 is 0. The van der Waals surface area contributed by atoms with Crippen LogP contribution in [0.15, 0.2) is 72.8 Å². The fourth-order valence-electron chi connectivity index (χ4n) is 4.72. The molecule has 0 aliphatic heterocycles. The molecule has 0 heterocycles. The van der Waals surface area contributed by atoms with Gasteiger partial charge in [-0.25, -0.2) is 9.59 Å². The van der Waals surface area contributed by atoms with E-state index in [1.54, 1.807) is 0 Å². The average molecular weight is 629 g/mol. The maximum Gasteiger partial charge on any atom is 0.432 e. The molecule has 0 radical (unpaired) electrons. The third-order valence-electron chi connectivity index (χ3n) is 7.04. The zero-order valence-electron chi connectivity index (χ0n) is 24.3. The van der Waals surface area contributed by atoms with E-state index in [1.807, 2.05) is 0 Å². The standard InChI is InChI=1S/C31H30F6O7/c1-19(43-26(38)28(41-4,30(32,33)34)22-12-8-6-9-13-22)16-21-17-24(40-3)18-25(20(21)2)44-27(39)29(42-5,31(35,36)37)23-14-10-7-11-15-23/h6-15,17-19H,16H2,1-5H3/t19-,28-,29-/m0/s1. The number of ether oxygens (including phenoxy) is 5. The van der Waals surface area contributed by atoms with Crippen LogP contribution in [0.3, 0.4) is 0 Å². The molecule has 0 spiro atoms. The second-order valence-electron chi connectivity index (χ2n) is 9.72.